The second-order valence-corrected chi connectivity index (χ2v) is 6.88. The second kappa shape index (κ2) is 8.31. The Kier molecular flexibility index (Phi) is 5.41. The highest BCUT2D eigenvalue weighted by atomic mass is 16.5. The maximum absolute atomic E-state index is 13.1. The molecule has 0 aliphatic heterocycles. The van der Waals surface area contributed by atoms with Gasteiger partial charge in [0, 0.05) is 11.6 Å². The van der Waals surface area contributed by atoms with E-state index in [1.165, 1.54) is 11.7 Å². The molecule has 0 spiro atoms. The lowest BCUT2D eigenvalue weighted by molar-refractivity contribution is 0.102. The molecule has 0 radical (unpaired) electrons. The van der Waals surface area contributed by atoms with Gasteiger partial charge in [-0.15, -0.1) is 0 Å². The third-order valence-corrected chi connectivity index (χ3v) is 4.99. The second-order valence-electron chi connectivity index (χ2n) is 6.88. The molecule has 0 unspecified atom stereocenters. The van der Waals surface area contributed by atoms with Gasteiger partial charge < -0.3 is 14.8 Å². The summed E-state index contributed by atoms with van der Waals surface area (Å²) in [6.07, 6.45) is 0. The third-order valence-electron chi connectivity index (χ3n) is 4.99. The van der Waals surface area contributed by atoms with E-state index in [4.69, 9.17) is 9.47 Å². The average molecular weight is 415 g/mol. The molecule has 1 amide bonds. The van der Waals surface area contributed by atoms with E-state index in [9.17, 15) is 9.59 Å². The smallest absolute Gasteiger partial charge is 0.265 e. The Hall–Kier alpha value is -4.13. The van der Waals surface area contributed by atoms with Crippen LogP contribution in [0.25, 0.3) is 16.6 Å². The van der Waals surface area contributed by atoms with Crippen molar-refractivity contribution in [3.63, 3.8) is 0 Å². The van der Waals surface area contributed by atoms with E-state index < -0.39 is 0 Å². The highest BCUT2D eigenvalue weighted by molar-refractivity contribution is 6.05. The molecule has 0 atom stereocenters. The maximum Gasteiger partial charge on any atom is 0.265 e. The summed E-state index contributed by atoms with van der Waals surface area (Å²) in [5.41, 5.74) is 2.06. The standard InChI is InChI=1S/C24H21N3O4/c1-15-25-20-7-5-4-6-19(20)24(29)27(15)17-10-13-21(22(14-17)31-3)26-23(28)16-8-11-18(30-2)12-9-16/h4-14H,1-3H3,(H,26,28). The molecular formula is C24H21N3O4. The Morgan fingerprint density at radius 3 is 2.42 bits per heavy atom. The summed E-state index contributed by atoms with van der Waals surface area (Å²) in [5.74, 6) is 1.37. The minimum Gasteiger partial charge on any atom is -0.497 e. The van der Waals surface area contributed by atoms with Gasteiger partial charge in [0.05, 0.1) is 36.5 Å². The number of para-hydroxylation sites is 1. The van der Waals surface area contributed by atoms with Crippen molar-refractivity contribution in [3.05, 3.63) is 88.5 Å². The molecular weight excluding hydrogens is 394 g/mol. The minimum atomic E-state index is -0.283. The molecule has 1 heterocycles. The van der Waals surface area contributed by atoms with Gasteiger partial charge in [0.15, 0.2) is 0 Å². The predicted molar refractivity (Wildman–Crippen MR) is 120 cm³/mol. The van der Waals surface area contributed by atoms with Crippen molar-refractivity contribution in [2.24, 2.45) is 0 Å². The number of hydrogen-bond donors (Lipinski definition) is 1. The molecule has 1 aromatic heterocycles. The lowest BCUT2D eigenvalue weighted by Crippen LogP contribution is -2.22. The van der Waals surface area contributed by atoms with E-state index in [2.05, 4.69) is 10.3 Å². The van der Waals surface area contributed by atoms with Crippen molar-refractivity contribution in [3.8, 4) is 17.2 Å². The number of methoxy groups -OCH3 is 2. The molecule has 7 heteroatoms. The van der Waals surface area contributed by atoms with Crippen LogP contribution in [-0.2, 0) is 0 Å². The number of aromatic nitrogens is 2. The van der Waals surface area contributed by atoms with Gasteiger partial charge in [0.2, 0.25) is 0 Å². The molecule has 4 rings (SSSR count). The Morgan fingerprint density at radius 1 is 0.968 bits per heavy atom. The van der Waals surface area contributed by atoms with E-state index in [1.807, 2.05) is 18.2 Å². The largest absolute Gasteiger partial charge is 0.497 e. The van der Waals surface area contributed by atoms with Crippen LogP contribution >= 0.6 is 0 Å². The summed E-state index contributed by atoms with van der Waals surface area (Å²) in [4.78, 5) is 30.2. The monoisotopic (exact) mass is 415 g/mol. The van der Waals surface area contributed by atoms with E-state index in [1.54, 1.807) is 62.6 Å². The number of ether oxygens (including phenoxy) is 2. The number of carbonyl (C=O) groups excluding carboxylic acids is 1. The number of benzene rings is 3. The first-order valence-corrected chi connectivity index (χ1v) is 9.64. The van der Waals surface area contributed by atoms with Crippen LogP contribution in [0.4, 0.5) is 5.69 Å². The zero-order chi connectivity index (χ0) is 22.0. The first kappa shape index (κ1) is 20.2. The summed E-state index contributed by atoms with van der Waals surface area (Å²) in [7, 11) is 3.08. The summed E-state index contributed by atoms with van der Waals surface area (Å²) >= 11 is 0. The SMILES string of the molecule is COc1ccc(C(=O)Nc2ccc(-n3c(C)nc4ccccc4c3=O)cc2OC)cc1. The zero-order valence-electron chi connectivity index (χ0n) is 17.4. The maximum atomic E-state index is 13.1. The number of aryl methyl sites for hydroxylation is 1. The number of hydrogen-bond acceptors (Lipinski definition) is 5. The number of fused-ring (bicyclic) bond motifs is 1. The van der Waals surface area contributed by atoms with Crippen LogP contribution in [-0.4, -0.2) is 29.7 Å². The third kappa shape index (κ3) is 3.85. The van der Waals surface area contributed by atoms with Crippen LogP contribution in [0, 0.1) is 6.92 Å². The average Bonchev–Trinajstić information content (AvgIpc) is 2.80. The quantitative estimate of drug-likeness (QED) is 0.533. The minimum absolute atomic E-state index is 0.167. The number of nitrogens with zero attached hydrogens (tertiary/aromatic N) is 2. The molecule has 0 bridgehead atoms. The lowest BCUT2D eigenvalue weighted by Gasteiger charge is -2.15. The van der Waals surface area contributed by atoms with Gasteiger partial charge in [-0.3, -0.25) is 14.2 Å². The number of rotatable bonds is 5. The molecule has 1 N–H and O–H groups in total. The van der Waals surface area contributed by atoms with Gasteiger partial charge in [-0.2, -0.15) is 0 Å². The van der Waals surface area contributed by atoms with Gasteiger partial charge in [-0.05, 0) is 55.5 Å². The van der Waals surface area contributed by atoms with Gasteiger partial charge in [0.1, 0.15) is 17.3 Å². The molecule has 0 aliphatic rings. The Labute approximate surface area is 178 Å². The molecule has 0 aliphatic carbocycles. The van der Waals surface area contributed by atoms with Gasteiger partial charge in [0.25, 0.3) is 11.5 Å². The topological polar surface area (TPSA) is 82.5 Å². The first-order valence-electron chi connectivity index (χ1n) is 9.64. The van der Waals surface area contributed by atoms with E-state index in [0.29, 0.717) is 45.2 Å². The Bertz CT molecular complexity index is 1330. The van der Waals surface area contributed by atoms with E-state index >= 15 is 0 Å². The number of anilines is 1. The van der Waals surface area contributed by atoms with Crippen molar-refractivity contribution in [1.29, 1.82) is 0 Å². The van der Waals surface area contributed by atoms with Crippen LogP contribution in [0.2, 0.25) is 0 Å². The fourth-order valence-electron chi connectivity index (χ4n) is 3.41. The van der Waals surface area contributed by atoms with Crippen molar-refractivity contribution in [1.82, 2.24) is 9.55 Å². The van der Waals surface area contributed by atoms with E-state index in [-0.39, 0.29) is 11.5 Å². The van der Waals surface area contributed by atoms with E-state index in [0.717, 1.165) is 0 Å². The molecule has 0 saturated heterocycles. The van der Waals surface area contributed by atoms with Crippen molar-refractivity contribution >= 4 is 22.5 Å². The summed E-state index contributed by atoms with van der Waals surface area (Å²) in [5, 5.41) is 3.38. The van der Waals surface area contributed by atoms with Gasteiger partial charge >= 0.3 is 0 Å². The van der Waals surface area contributed by atoms with Crippen LogP contribution < -0.4 is 20.3 Å². The molecule has 0 saturated carbocycles. The Balaban J connectivity index is 1.69. The fraction of sp³-hybridized carbons (Fsp3) is 0.125. The molecule has 156 valence electrons. The molecule has 31 heavy (non-hydrogen) atoms. The summed E-state index contributed by atoms with van der Waals surface area (Å²) in [6.45, 7) is 1.78. The number of nitrogens with one attached hydrogen (secondary N) is 1. The number of amides is 1. The van der Waals surface area contributed by atoms with Gasteiger partial charge in [-0.25, -0.2) is 4.98 Å². The normalized spacial score (nSPS) is 10.7. The van der Waals surface area contributed by atoms with Crippen LogP contribution in [0.3, 0.4) is 0 Å². The first-order chi connectivity index (χ1) is 15.0. The fourth-order valence-corrected chi connectivity index (χ4v) is 3.41. The van der Waals surface area contributed by atoms with Crippen molar-refractivity contribution in [2.45, 2.75) is 6.92 Å². The molecule has 3 aromatic carbocycles. The molecule has 7 nitrogen and oxygen atoms in total. The van der Waals surface area contributed by atoms with Gasteiger partial charge in [-0.1, -0.05) is 12.1 Å². The van der Waals surface area contributed by atoms with Crippen LogP contribution in [0.5, 0.6) is 11.5 Å². The number of carbonyl (C=O) groups is 1. The van der Waals surface area contributed by atoms with Crippen LogP contribution in [0.1, 0.15) is 16.2 Å². The van der Waals surface area contributed by atoms with Crippen molar-refractivity contribution < 1.29 is 14.3 Å². The summed E-state index contributed by atoms with van der Waals surface area (Å²) in [6, 6.07) is 19.2. The molecule has 4 aromatic rings. The molecule has 0 fully saturated rings. The predicted octanol–water partition coefficient (Wildman–Crippen LogP) is 3.96. The highest BCUT2D eigenvalue weighted by Crippen LogP contribution is 2.28. The summed E-state index contributed by atoms with van der Waals surface area (Å²) < 4.78 is 12.1. The highest BCUT2D eigenvalue weighted by Gasteiger charge is 2.14. The Morgan fingerprint density at radius 2 is 1.71 bits per heavy atom. The van der Waals surface area contributed by atoms with Crippen molar-refractivity contribution in [2.75, 3.05) is 19.5 Å². The zero-order valence-corrected chi connectivity index (χ0v) is 17.4. The lowest BCUT2D eigenvalue weighted by atomic mass is 10.2. The van der Waals surface area contributed by atoms with Crippen LogP contribution in [0.15, 0.2) is 71.5 Å².